The van der Waals surface area contributed by atoms with Crippen LogP contribution in [-0.2, 0) is 4.79 Å². The number of carbonyl (C=O) groups is 1. The van der Waals surface area contributed by atoms with Crippen LogP contribution in [0.2, 0.25) is 0 Å². The van der Waals surface area contributed by atoms with Crippen molar-refractivity contribution in [3.63, 3.8) is 0 Å². The average Bonchev–Trinajstić information content (AvgIpc) is 2.49. The summed E-state index contributed by atoms with van der Waals surface area (Å²) in [5, 5.41) is 8.61. The summed E-state index contributed by atoms with van der Waals surface area (Å²) in [5.41, 5.74) is 0. The molecule has 0 saturated carbocycles. The molecule has 1 aliphatic heterocycles. The fourth-order valence-corrected chi connectivity index (χ4v) is 1.56. The number of hydrogen-bond donors (Lipinski definition) is 1. The van der Waals surface area contributed by atoms with E-state index < -0.39 is 24.1 Å². The van der Waals surface area contributed by atoms with Gasteiger partial charge in [0.2, 0.25) is 0 Å². The van der Waals surface area contributed by atoms with E-state index in [0.29, 0.717) is 0 Å². The molecule has 0 bridgehead atoms. The predicted octanol–water partition coefficient (Wildman–Crippen LogP) is 1.34. The van der Waals surface area contributed by atoms with Crippen LogP contribution in [0.1, 0.15) is 13.3 Å². The number of rotatable bonds is 2. The Hall–Kier alpha value is -0.780. The fraction of sp³-hybridized carbons (Fsp3) is 0.875. The second kappa shape index (κ2) is 3.76. The van der Waals surface area contributed by atoms with Crippen LogP contribution in [-0.4, -0.2) is 41.3 Å². The lowest BCUT2D eigenvalue weighted by molar-refractivity contribution is -0.171. The Bertz CT molecular complexity index is 229. The van der Waals surface area contributed by atoms with Gasteiger partial charge < -0.3 is 5.11 Å². The highest BCUT2D eigenvalue weighted by molar-refractivity contribution is 5.72. The molecule has 1 N–H and O–H groups in total. The van der Waals surface area contributed by atoms with Gasteiger partial charge in [-0.1, -0.05) is 0 Å². The summed E-state index contributed by atoms with van der Waals surface area (Å²) in [5.74, 6) is -2.45. The molecule has 1 saturated heterocycles. The van der Waals surface area contributed by atoms with Gasteiger partial charge in [0.15, 0.2) is 0 Å². The van der Waals surface area contributed by atoms with Crippen molar-refractivity contribution in [1.82, 2.24) is 4.90 Å². The van der Waals surface area contributed by atoms with Crippen molar-refractivity contribution < 1.29 is 23.1 Å². The largest absolute Gasteiger partial charge is 0.480 e. The lowest BCUT2D eigenvalue weighted by Crippen LogP contribution is -2.38. The predicted molar refractivity (Wildman–Crippen MR) is 42.8 cm³/mol. The molecule has 0 amide bonds. The second-order valence-corrected chi connectivity index (χ2v) is 3.54. The van der Waals surface area contributed by atoms with Gasteiger partial charge in [0.1, 0.15) is 6.04 Å². The van der Waals surface area contributed by atoms with Crippen LogP contribution in [0.5, 0.6) is 0 Å². The van der Waals surface area contributed by atoms with Crippen LogP contribution in [0.25, 0.3) is 0 Å². The van der Waals surface area contributed by atoms with Gasteiger partial charge in [0, 0.05) is 6.54 Å². The lowest BCUT2D eigenvalue weighted by Gasteiger charge is -2.21. The molecule has 0 unspecified atom stereocenters. The molecule has 6 heteroatoms. The summed E-state index contributed by atoms with van der Waals surface area (Å²) < 4.78 is 36.7. The summed E-state index contributed by atoms with van der Waals surface area (Å²) in [6.07, 6.45) is -4.20. The minimum absolute atomic E-state index is 0.00111. The van der Waals surface area contributed by atoms with Crippen LogP contribution < -0.4 is 0 Å². The van der Waals surface area contributed by atoms with Crippen molar-refractivity contribution >= 4 is 5.97 Å². The molecule has 0 aromatic heterocycles. The topological polar surface area (TPSA) is 40.5 Å². The number of alkyl halides is 3. The number of hydrogen-bond acceptors (Lipinski definition) is 2. The average molecular weight is 211 g/mol. The lowest BCUT2D eigenvalue weighted by atomic mass is 10.1. The molecule has 0 aromatic carbocycles. The third-order valence-corrected chi connectivity index (χ3v) is 2.59. The third-order valence-electron chi connectivity index (χ3n) is 2.59. The SMILES string of the molecule is C[C@H](C(=O)O)N1CC[C@@H](C(F)(F)F)C1. The third kappa shape index (κ3) is 2.37. The molecule has 0 aromatic rings. The van der Waals surface area contributed by atoms with Crippen molar-refractivity contribution in [2.45, 2.75) is 25.6 Å². The van der Waals surface area contributed by atoms with E-state index in [1.165, 1.54) is 11.8 Å². The maximum atomic E-state index is 12.2. The number of carboxylic acids is 1. The molecular formula is C8H12F3NO2. The first-order valence-electron chi connectivity index (χ1n) is 4.36. The van der Waals surface area contributed by atoms with Gasteiger partial charge in [0.25, 0.3) is 0 Å². The van der Waals surface area contributed by atoms with Crippen molar-refractivity contribution in [3.05, 3.63) is 0 Å². The van der Waals surface area contributed by atoms with E-state index >= 15 is 0 Å². The van der Waals surface area contributed by atoms with Gasteiger partial charge in [-0.3, -0.25) is 9.69 Å². The molecule has 0 radical (unpaired) electrons. The molecule has 0 aliphatic carbocycles. The molecule has 0 spiro atoms. The standard InChI is InChI=1S/C8H12F3NO2/c1-5(7(13)14)12-3-2-6(4-12)8(9,10)11/h5-6H,2-4H2,1H3,(H,13,14)/t5-,6-/m1/s1. The highest BCUT2D eigenvalue weighted by Gasteiger charge is 2.45. The molecule has 2 atom stereocenters. The zero-order chi connectivity index (χ0) is 10.9. The molecule has 1 fully saturated rings. The Labute approximate surface area is 79.5 Å². The van der Waals surface area contributed by atoms with Crippen molar-refractivity contribution in [3.8, 4) is 0 Å². The Balaban J connectivity index is 2.53. The normalized spacial score (nSPS) is 26.4. The van der Waals surface area contributed by atoms with Gasteiger partial charge in [-0.15, -0.1) is 0 Å². The maximum absolute atomic E-state index is 12.2. The van der Waals surface area contributed by atoms with Gasteiger partial charge >= 0.3 is 12.1 Å². The minimum Gasteiger partial charge on any atom is -0.480 e. The van der Waals surface area contributed by atoms with Crippen LogP contribution in [0, 0.1) is 5.92 Å². The number of nitrogens with zero attached hydrogens (tertiary/aromatic N) is 1. The number of likely N-dealkylation sites (tertiary alicyclic amines) is 1. The highest BCUT2D eigenvalue weighted by atomic mass is 19.4. The van der Waals surface area contributed by atoms with E-state index in [1.807, 2.05) is 0 Å². The van der Waals surface area contributed by atoms with E-state index in [2.05, 4.69) is 0 Å². The Morgan fingerprint density at radius 2 is 2.14 bits per heavy atom. The first kappa shape index (κ1) is 11.3. The summed E-state index contributed by atoms with van der Waals surface area (Å²) in [7, 11) is 0. The number of aliphatic carboxylic acids is 1. The van der Waals surface area contributed by atoms with Crippen molar-refractivity contribution in [2.75, 3.05) is 13.1 Å². The van der Waals surface area contributed by atoms with Crippen LogP contribution in [0.4, 0.5) is 13.2 Å². The van der Waals surface area contributed by atoms with Gasteiger partial charge in [-0.25, -0.2) is 0 Å². The number of carboxylic acid groups (broad SMARTS) is 1. The Kier molecular flexibility index (Phi) is 3.04. The quantitative estimate of drug-likeness (QED) is 0.749. The van der Waals surface area contributed by atoms with E-state index in [9.17, 15) is 18.0 Å². The van der Waals surface area contributed by atoms with E-state index in [-0.39, 0.29) is 19.5 Å². The zero-order valence-corrected chi connectivity index (χ0v) is 7.71. The molecule has 1 aliphatic rings. The summed E-state index contributed by atoms with van der Waals surface area (Å²) >= 11 is 0. The first-order valence-corrected chi connectivity index (χ1v) is 4.36. The number of halogens is 3. The first-order chi connectivity index (χ1) is 6.32. The molecule has 1 rings (SSSR count). The van der Waals surface area contributed by atoms with Crippen LogP contribution >= 0.6 is 0 Å². The van der Waals surface area contributed by atoms with Gasteiger partial charge in [-0.05, 0) is 19.9 Å². The van der Waals surface area contributed by atoms with Gasteiger partial charge in [-0.2, -0.15) is 13.2 Å². The molecule has 14 heavy (non-hydrogen) atoms. The summed E-state index contributed by atoms with van der Waals surface area (Å²) in [6.45, 7) is 1.41. The fourth-order valence-electron chi connectivity index (χ4n) is 1.56. The molecule has 1 heterocycles. The van der Waals surface area contributed by atoms with Crippen LogP contribution in [0.3, 0.4) is 0 Å². The Morgan fingerprint density at radius 3 is 2.50 bits per heavy atom. The van der Waals surface area contributed by atoms with E-state index in [0.717, 1.165) is 0 Å². The van der Waals surface area contributed by atoms with E-state index in [1.54, 1.807) is 0 Å². The molecular weight excluding hydrogens is 199 g/mol. The smallest absolute Gasteiger partial charge is 0.393 e. The minimum atomic E-state index is -4.20. The van der Waals surface area contributed by atoms with Crippen molar-refractivity contribution in [2.24, 2.45) is 5.92 Å². The summed E-state index contributed by atoms with van der Waals surface area (Å²) in [6, 6.07) is -0.831. The van der Waals surface area contributed by atoms with Crippen LogP contribution in [0.15, 0.2) is 0 Å². The molecule has 82 valence electrons. The molecule has 3 nitrogen and oxygen atoms in total. The van der Waals surface area contributed by atoms with E-state index in [4.69, 9.17) is 5.11 Å². The Morgan fingerprint density at radius 1 is 1.57 bits per heavy atom. The summed E-state index contributed by atoms with van der Waals surface area (Å²) in [4.78, 5) is 11.9. The maximum Gasteiger partial charge on any atom is 0.393 e. The highest BCUT2D eigenvalue weighted by Crippen LogP contribution is 2.34. The second-order valence-electron chi connectivity index (χ2n) is 3.54. The van der Waals surface area contributed by atoms with Crippen molar-refractivity contribution in [1.29, 1.82) is 0 Å². The van der Waals surface area contributed by atoms with Gasteiger partial charge in [0.05, 0.1) is 5.92 Å². The zero-order valence-electron chi connectivity index (χ0n) is 7.71. The monoisotopic (exact) mass is 211 g/mol.